The van der Waals surface area contributed by atoms with Crippen molar-refractivity contribution in [3.63, 3.8) is 0 Å². The Hall–Kier alpha value is -8.37. The molecule has 2 saturated heterocycles. The van der Waals surface area contributed by atoms with E-state index in [-0.39, 0.29) is 47.7 Å². The van der Waals surface area contributed by atoms with Crippen LogP contribution < -0.4 is 20.3 Å². The number of rotatable bonds is 16. The number of para-hydroxylation sites is 1. The fourth-order valence-corrected chi connectivity index (χ4v) is 10.7. The number of cyclic esters (lactones) is 1. The van der Waals surface area contributed by atoms with E-state index in [2.05, 4.69) is 22.5 Å². The number of aliphatic hydroxyl groups is 2. The van der Waals surface area contributed by atoms with Crippen LogP contribution in [0.4, 0.5) is 10.5 Å². The molecule has 4 amide bonds. The van der Waals surface area contributed by atoms with Gasteiger partial charge in [-0.25, -0.2) is 14.5 Å². The van der Waals surface area contributed by atoms with Crippen LogP contribution >= 0.6 is 0 Å². The van der Waals surface area contributed by atoms with Crippen LogP contribution in [0, 0.1) is 29.6 Å². The summed E-state index contributed by atoms with van der Waals surface area (Å²) in [5.41, 5.74) is -0.248. The van der Waals surface area contributed by atoms with Gasteiger partial charge >= 0.3 is 29.9 Å². The second-order valence-corrected chi connectivity index (χ2v) is 18.7. The highest BCUT2D eigenvalue weighted by atomic mass is 16.6. The summed E-state index contributed by atoms with van der Waals surface area (Å²) in [5, 5.41) is 27.3. The molecule has 8 rings (SSSR count). The summed E-state index contributed by atoms with van der Waals surface area (Å²) < 4.78 is 27.6. The van der Waals surface area contributed by atoms with Crippen LogP contribution in [0.3, 0.4) is 0 Å². The van der Waals surface area contributed by atoms with Crippen molar-refractivity contribution in [3.8, 4) is 17.6 Å². The zero-order chi connectivity index (χ0) is 54.3. The summed E-state index contributed by atoms with van der Waals surface area (Å²) >= 11 is 0. The molecular formula is C58H58N4O14. The molecule has 0 bridgehead atoms. The fraction of sp³-hybridized carbons (Fsp3) is 0.328. The van der Waals surface area contributed by atoms with Crippen LogP contribution in [0.5, 0.6) is 5.75 Å². The fourth-order valence-electron chi connectivity index (χ4n) is 10.7. The zero-order valence-corrected chi connectivity index (χ0v) is 42.4. The summed E-state index contributed by atoms with van der Waals surface area (Å²) in [4.78, 5) is 105. The van der Waals surface area contributed by atoms with E-state index >= 15 is 19.2 Å². The number of morpholine rings is 1. The summed E-state index contributed by atoms with van der Waals surface area (Å²) in [6.07, 6.45) is -2.69. The number of nitrogens with one attached hydrogen (secondary N) is 2. The SMILES string of the molecule is COC(=O)C(CC#Cc1ccc2c(c1)[C@]1(C(=O)N2C(=O)N[C@H](C(=O)OC)C(C)C)[C@H](C(=O)NC[C@H](O)c2ccccc2)[C@H]2C(=O)O[C@H](c3ccccc3)[C@H](c3ccccc3)N2[C@@H]1c1ccccc1OCCO)C(=O)OC. The molecule has 4 N–H and O–H groups in total. The average Bonchev–Trinajstić information content (AvgIpc) is 3.85. The molecule has 0 saturated carbocycles. The van der Waals surface area contributed by atoms with E-state index in [9.17, 15) is 24.6 Å². The van der Waals surface area contributed by atoms with Crippen molar-refractivity contribution in [2.75, 3.05) is 46.0 Å². The normalized spacial score (nSPS) is 21.3. The quantitative estimate of drug-likeness (QED) is 0.0431. The van der Waals surface area contributed by atoms with Gasteiger partial charge in [0.05, 0.1) is 57.7 Å². The van der Waals surface area contributed by atoms with Gasteiger partial charge in [0, 0.05) is 24.1 Å². The number of carbonyl (C=O) groups is 7. The number of carbonyl (C=O) groups excluding carboxylic acids is 7. The molecule has 394 valence electrons. The lowest BCUT2D eigenvalue weighted by Gasteiger charge is -2.46. The van der Waals surface area contributed by atoms with E-state index in [4.69, 9.17) is 23.7 Å². The molecule has 0 radical (unpaired) electrons. The lowest BCUT2D eigenvalue weighted by Crippen LogP contribution is -2.58. The van der Waals surface area contributed by atoms with Gasteiger partial charge in [0.15, 0.2) is 5.92 Å². The molecule has 76 heavy (non-hydrogen) atoms. The smallest absolute Gasteiger partial charge is 0.329 e. The first-order valence-corrected chi connectivity index (χ1v) is 24.7. The van der Waals surface area contributed by atoms with Crippen LogP contribution in [0.1, 0.15) is 77.9 Å². The van der Waals surface area contributed by atoms with E-state index in [1.54, 1.807) is 97.6 Å². The zero-order valence-electron chi connectivity index (χ0n) is 42.4. The molecular weight excluding hydrogens is 977 g/mol. The first-order chi connectivity index (χ1) is 36.7. The molecule has 0 aliphatic carbocycles. The van der Waals surface area contributed by atoms with E-state index in [1.807, 2.05) is 36.4 Å². The lowest BCUT2D eigenvalue weighted by atomic mass is 9.65. The van der Waals surface area contributed by atoms with E-state index in [1.165, 1.54) is 18.2 Å². The first kappa shape index (κ1) is 53.9. The summed E-state index contributed by atoms with van der Waals surface area (Å²) in [6, 6.07) is 31.4. The van der Waals surface area contributed by atoms with Gasteiger partial charge in [-0.05, 0) is 52.4 Å². The second kappa shape index (κ2) is 23.4. The Morgan fingerprint density at radius 3 is 1.99 bits per heavy atom. The molecule has 5 aromatic rings. The predicted octanol–water partition coefficient (Wildman–Crippen LogP) is 5.18. The number of aliphatic hydroxyl groups excluding tert-OH is 2. The Kier molecular flexibility index (Phi) is 16.6. The summed E-state index contributed by atoms with van der Waals surface area (Å²) in [5.74, 6) is -3.12. The lowest BCUT2D eigenvalue weighted by molar-refractivity contribution is -0.178. The standard InChI is InChI=1S/C58H58N4O14/c1-34(2)46(54(68)74-5)60-57(71)61-42-29-28-35(18-17-26-40(52(66)72-3)53(67)73-4)32-41(42)58(56(61)70)45(51(65)59-33-43(64)36-19-9-6-10-20-36)48-55(69)76-49(38-23-13-8-14-24-38)47(37-21-11-7-12-22-37)62(48)50(58)39-25-15-16-27-44(39)75-31-30-63/h6-16,19-25,27-29,32,34,40,43,45-50,63-64H,26,30-31,33H2,1-5H3,(H,59,65)(H,60,71)/t43-,45-,46-,47-,48-,49+,50+,58-/m0/s1. The molecule has 2 fully saturated rings. The van der Waals surface area contributed by atoms with E-state index in [0.717, 1.165) is 26.2 Å². The highest BCUT2D eigenvalue weighted by Crippen LogP contribution is 2.66. The molecule has 5 aromatic carbocycles. The third kappa shape index (κ3) is 10.1. The topological polar surface area (TPSA) is 237 Å². The van der Waals surface area contributed by atoms with Crippen molar-refractivity contribution in [1.82, 2.24) is 15.5 Å². The van der Waals surface area contributed by atoms with Crippen molar-refractivity contribution in [2.24, 2.45) is 17.8 Å². The monoisotopic (exact) mass is 1030 g/mol. The number of fused-ring (bicyclic) bond motifs is 3. The number of hydrogen-bond donors (Lipinski definition) is 4. The predicted molar refractivity (Wildman–Crippen MR) is 274 cm³/mol. The minimum atomic E-state index is -2.35. The van der Waals surface area contributed by atoms with Crippen LogP contribution in [0.2, 0.25) is 0 Å². The number of urea groups is 1. The average molecular weight is 1040 g/mol. The first-order valence-electron chi connectivity index (χ1n) is 24.7. The van der Waals surface area contributed by atoms with Gasteiger partial charge in [-0.2, -0.15) is 0 Å². The van der Waals surface area contributed by atoms with Crippen LogP contribution in [-0.4, -0.2) is 110 Å². The van der Waals surface area contributed by atoms with Crippen molar-refractivity contribution in [2.45, 2.75) is 62.1 Å². The van der Waals surface area contributed by atoms with Gasteiger partial charge in [-0.15, -0.1) is 0 Å². The number of anilines is 1. The molecule has 0 aromatic heterocycles. The molecule has 3 aliphatic heterocycles. The maximum atomic E-state index is 16.8. The third-order valence-corrected chi connectivity index (χ3v) is 14.1. The molecule has 3 heterocycles. The Morgan fingerprint density at radius 2 is 1.37 bits per heavy atom. The second-order valence-electron chi connectivity index (χ2n) is 18.7. The maximum Gasteiger partial charge on any atom is 0.329 e. The minimum absolute atomic E-state index is 0.0343. The van der Waals surface area contributed by atoms with Crippen LogP contribution in [-0.2, 0) is 53.1 Å². The maximum absolute atomic E-state index is 16.8. The van der Waals surface area contributed by atoms with Gasteiger partial charge in [0.2, 0.25) is 11.8 Å². The van der Waals surface area contributed by atoms with Gasteiger partial charge in [-0.1, -0.05) is 135 Å². The van der Waals surface area contributed by atoms with Gasteiger partial charge in [-0.3, -0.25) is 28.9 Å². The van der Waals surface area contributed by atoms with Gasteiger partial charge in [0.1, 0.15) is 36.0 Å². The molecule has 3 aliphatic rings. The third-order valence-electron chi connectivity index (χ3n) is 14.1. The Labute approximate surface area is 439 Å². The number of imide groups is 1. The highest BCUT2D eigenvalue weighted by Gasteiger charge is 2.76. The van der Waals surface area contributed by atoms with Gasteiger partial charge in [0.25, 0.3) is 0 Å². The molecule has 8 atom stereocenters. The van der Waals surface area contributed by atoms with Crippen molar-refractivity contribution in [3.05, 3.63) is 167 Å². The number of benzene rings is 5. The molecule has 0 unspecified atom stereocenters. The number of amides is 4. The van der Waals surface area contributed by atoms with Crippen molar-refractivity contribution < 1.29 is 67.5 Å². The molecule has 18 nitrogen and oxygen atoms in total. The number of nitrogens with zero attached hydrogens (tertiary/aromatic N) is 2. The Morgan fingerprint density at radius 1 is 0.763 bits per heavy atom. The van der Waals surface area contributed by atoms with E-state index in [0.29, 0.717) is 16.7 Å². The molecule has 1 spiro atoms. The number of methoxy groups -OCH3 is 3. The summed E-state index contributed by atoms with van der Waals surface area (Å²) in [6.45, 7) is 2.34. The molecule has 18 heteroatoms. The van der Waals surface area contributed by atoms with Crippen molar-refractivity contribution in [1.29, 1.82) is 0 Å². The number of hydrogen-bond acceptors (Lipinski definition) is 15. The minimum Gasteiger partial charge on any atom is -0.491 e. The van der Waals surface area contributed by atoms with Crippen molar-refractivity contribution >= 4 is 47.4 Å². The van der Waals surface area contributed by atoms with Crippen LogP contribution in [0.25, 0.3) is 0 Å². The Bertz CT molecular complexity index is 3020. The summed E-state index contributed by atoms with van der Waals surface area (Å²) in [7, 11) is 3.40. The van der Waals surface area contributed by atoms with E-state index < -0.39 is 108 Å². The Balaban J connectivity index is 1.46. The highest BCUT2D eigenvalue weighted by molar-refractivity contribution is 6.25. The van der Waals surface area contributed by atoms with Crippen LogP contribution in [0.15, 0.2) is 133 Å². The largest absolute Gasteiger partial charge is 0.491 e. The van der Waals surface area contributed by atoms with Gasteiger partial charge < -0.3 is 44.5 Å². The number of esters is 4. The number of ether oxygens (including phenoxy) is 5.